The van der Waals surface area contributed by atoms with Crippen molar-refractivity contribution in [1.82, 2.24) is 59.8 Å². The van der Waals surface area contributed by atoms with Crippen LogP contribution in [0.1, 0.15) is 255 Å². The molecule has 0 unspecified atom stereocenters. The summed E-state index contributed by atoms with van der Waals surface area (Å²) < 4.78 is 34.9. The highest BCUT2D eigenvalue weighted by atomic mass is 32.1. The first-order valence-corrected chi connectivity index (χ1v) is 50.7. The molecule has 18 atom stereocenters. The molecule has 0 saturated carbocycles. The second kappa shape index (κ2) is 58.7. The molecule has 32 heteroatoms. The topological polar surface area (TPSA) is 348 Å². The van der Waals surface area contributed by atoms with Gasteiger partial charge in [0.2, 0.25) is 35.4 Å². The second-order valence-electron chi connectivity index (χ2n) is 40.6. The predicted octanol–water partition coefficient (Wildman–Crippen LogP) is 15.4. The van der Waals surface area contributed by atoms with Crippen LogP contribution in [0.25, 0.3) is 0 Å². The first-order chi connectivity index (χ1) is 63.5. The van der Waals surface area contributed by atoms with Gasteiger partial charge in [-0.25, -0.2) is 19.6 Å². The van der Waals surface area contributed by atoms with Crippen LogP contribution in [0.2, 0.25) is 0 Å². The van der Waals surface area contributed by atoms with Crippen LogP contribution in [0.5, 0.6) is 0 Å². The molecule has 2 fully saturated rings. The summed E-state index contributed by atoms with van der Waals surface area (Å²) in [5, 5.41) is 21.2. The molecule has 8 amide bonds. The summed E-state index contributed by atoms with van der Waals surface area (Å²) in [4.78, 5) is 157. The fourth-order valence-corrected chi connectivity index (χ4v) is 19.9. The Morgan fingerprint density at radius 1 is 0.496 bits per heavy atom. The van der Waals surface area contributed by atoms with Crippen LogP contribution in [-0.4, -0.2) is 302 Å². The Labute approximate surface area is 817 Å². The molecule has 2 aliphatic rings. The molecule has 0 spiro atoms. The molecule has 4 heterocycles. The number of aliphatic carboxylic acids is 1. The fraction of sp³-hybridized carbons (Fsp3) is 0.728. The number of rotatable bonds is 52. The summed E-state index contributed by atoms with van der Waals surface area (Å²) in [5.41, 5.74) is 7.38. The summed E-state index contributed by atoms with van der Waals surface area (Å²) in [6.07, 6.45) is 9.80. The highest BCUT2D eigenvalue weighted by Gasteiger charge is 2.47. The van der Waals surface area contributed by atoms with Gasteiger partial charge in [0.15, 0.2) is 5.78 Å². The number of methoxy groups -OCH3 is 4. The minimum absolute atomic E-state index is 0.0131. The maximum Gasteiger partial charge on any atom is 0.410 e. The average molecular weight is 1930 g/mol. The number of unbranched alkanes of at least 4 members (excludes halogenated alkanes) is 2. The lowest BCUT2D eigenvalue weighted by Crippen LogP contribution is -2.56. The standard InChI is InChI=1S/C52H86N6O8S.C35H55N5O5S.C16H32N2O4/c1-16-36(6)46(57(13)50(62)39(34(2)3)32-42(59)45(35(4)5)55(11)27-20-21-28-56(12)51(63)66-52(8,9)10)43(64-14)33-44(60)58-29-22-25-41(58)47(65-15)37(7)48(61)54-40(49-53-26-30-67-49)31-38-23-18-17-19-24-38;1-9-23(4)31(39(6)35(43)30(36)22(2)3)28(44-7)21-29(41)40-18-13-16-27(40)32(45-8)24(5)33(42)38-26(34-37-17-19-46-34)20-25-14-11-10-12-15-25;1-12(2)13(14(19)20)17(6)10-8-9-11-18(7)15(21)22-16(3,4)5/h17-19,23-24,26,30,34-37,39-41,43,45-47H,16,20-22,25,27-29,31-33H2,1-15H3,(H,54,61);10-12,14-15,17,19,22-24,26-28,30-32H,9,13,16,18,20-21,36H2,1-8H3,(H,38,42);12-13H,8-11H2,1-7H3,(H,19,20)/t36-,37+,39-,40-,41-,43+,45-,46-,47+;23-,24+,26-,27-,28+,30-,31-,32+;13-/m000/s1. The van der Waals surface area contributed by atoms with Crippen LogP contribution < -0.4 is 16.4 Å². The molecule has 2 aliphatic heterocycles. The van der Waals surface area contributed by atoms with Gasteiger partial charge in [0, 0.05) is 118 Å². The molecule has 0 bridgehead atoms. The molecular weight excluding hydrogens is 1760 g/mol. The molecule has 764 valence electrons. The third-order valence-corrected chi connectivity index (χ3v) is 28.3. The van der Waals surface area contributed by atoms with Crippen molar-refractivity contribution in [2.45, 2.75) is 325 Å². The Hall–Kier alpha value is -8.08. The summed E-state index contributed by atoms with van der Waals surface area (Å²) in [6, 6.07) is 16.6. The van der Waals surface area contributed by atoms with Gasteiger partial charge in [-0.2, -0.15) is 0 Å². The van der Waals surface area contributed by atoms with Crippen molar-refractivity contribution in [2.24, 2.45) is 59.0 Å². The van der Waals surface area contributed by atoms with Crippen molar-refractivity contribution in [3.63, 3.8) is 0 Å². The van der Waals surface area contributed by atoms with Gasteiger partial charge < -0.3 is 79.3 Å². The molecule has 30 nitrogen and oxygen atoms in total. The zero-order chi connectivity index (χ0) is 102. The lowest BCUT2D eigenvalue weighted by atomic mass is 9.83. The van der Waals surface area contributed by atoms with Gasteiger partial charge in [0.1, 0.15) is 27.3 Å². The number of nitrogens with one attached hydrogen (secondary N) is 2. The van der Waals surface area contributed by atoms with E-state index in [-0.39, 0.29) is 144 Å². The molecule has 135 heavy (non-hydrogen) atoms. The Bertz CT molecular complexity index is 4160. The van der Waals surface area contributed by atoms with E-state index in [1.807, 2.05) is 211 Å². The molecule has 2 aromatic heterocycles. The van der Waals surface area contributed by atoms with Gasteiger partial charge in [-0.15, -0.1) is 22.7 Å². The molecular formula is C103H173N13O17S2. The monoisotopic (exact) mass is 1930 g/mol. The zero-order valence-electron chi connectivity index (χ0n) is 87.5. The van der Waals surface area contributed by atoms with E-state index in [1.165, 1.54) is 22.7 Å². The van der Waals surface area contributed by atoms with Crippen LogP contribution in [-0.2, 0) is 79.6 Å². The Morgan fingerprint density at radius 3 is 1.17 bits per heavy atom. The number of nitrogens with zero attached hydrogens (tertiary/aromatic N) is 10. The minimum atomic E-state index is -0.789. The van der Waals surface area contributed by atoms with Crippen molar-refractivity contribution in [3.05, 3.63) is 105 Å². The van der Waals surface area contributed by atoms with Gasteiger partial charge >= 0.3 is 18.2 Å². The van der Waals surface area contributed by atoms with Gasteiger partial charge in [0.05, 0.1) is 97.4 Å². The third kappa shape index (κ3) is 37.9. The fourth-order valence-electron chi connectivity index (χ4n) is 18.5. The highest BCUT2D eigenvalue weighted by Crippen LogP contribution is 2.36. The number of hydrogen-bond donors (Lipinski definition) is 4. The van der Waals surface area contributed by atoms with Crippen LogP contribution in [0.3, 0.4) is 0 Å². The number of benzene rings is 2. The average Bonchev–Trinajstić information content (AvgIpc) is 1.68. The van der Waals surface area contributed by atoms with E-state index in [9.17, 15) is 53.1 Å². The number of likely N-dealkylation sites (tertiary alicyclic amines) is 2. The number of carboxylic acids is 1. The number of ether oxygens (including phenoxy) is 6. The Morgan fingerprint density at radius 2 is 0.859 bits per heavy atom. The Balaban J connectivity index is 0.000000480. The van der Waals surface area contributed by atoms with E-state index in [0.717, 1.165) is 78.9 Å². The molecule has 6 rings (SSSR count). The SMILES string of the molecule is CC(C)[C@@H](C(=O)O)N(C)CCCCN(C)C(=O)OC(C)(C)C.CC[C@H](C)[C@@H]([C@@H](CC(=O)N1CCC[C@H]1[C@H](OC)[C@@H](C)C(=O)N[C@@H](Cc1ccccc1)c1nccs1)OC)N(C)C(=O)[C@@H](CC(=O)[C@H](C(C)C)N(C)CCCCN(C)C(=O)OC(C)(C)C)C(C)C.CC[C@H](C)[C@@H]([C@@H](CC(=O)N1CCC[C@H]1[C@H](OC)[C@@H](C)C(=O)N[C@@H](Cc1ccccc1)c1nccs1)OC)N(C)C(=O)[C@@H](N)C(C)C. The van der Waals surface area contributed by atoms with Gasteiger partial charge in [0.25, 0.3) is 0 Å². The van der Waals surface area contributed by atoms with E-state index in [4.69, 9.17) is 34.2 Å². The third-order valence-electron chi connectivity index (χ3n) is 26.5. The number of thiazole rings is 2. The largest absolute Gasteiger partial charge is 0.480 e. The van der Waals surface area contributed by atoms with Gasteiger partial charge in [-0.3, -0.25) is 48.2 Å². The van der Waals surface area contributed by atoms with Gasteiger partial charge in [-0.1, -0.05) is 170 Å². The maximum absolute atomic E-state index is 14.7. The first kappa shape index (κ1) is 119. The normalized spacial score (nSPS) is 17.8. The van der Waals surface area contributed by atoms with Crippen LogP contribution in [0.15, 0.2) is 83.8 Å². The Kier molecular flexibility index (Phi) is 51.9. The van der Waals surface area contributed by atoms with Crippen LogP contribution >= 0.6 is 22.7 Å². The van der Waals surface area contributed by atoms with E-state index < -0.39 is 77.5 Å². The number of aromatic nitrogens is 2. The molecule has 5 N–H and O–H groups in total. The number of carbonyl (C=O) groups excluding carboxylic acids is 9. The van der Waals surface area contributed by atoms with Crippen molar-refractivity contribution in [2.75, 3.05) is 110 Å². The number of Topliss-reactive ketones (excluding diaryl/α,β-unsaturated/α-hetero) is 1. The van der Waals surface area contributed by atoms with Crippen molar-refractivity contribution in [3.8, 4) is 0 Å². The van der Waals surface area contributed by atoms with E-state index in [2.05, 4.69) is 53.2 Å². The van der Waals surface area contributed by atoms with Crippen molar-refractivity contribution < 1.29 is 81.5 Å². The molecule has 2 saturated heterocycles. The summed E-state index contributed by atoms with van der Waals surface area (Å²) in [6.45, 7) is 42.4. The van der Waals surface area contributed by atoms with Crippen molar-refractivity contribution >= 4 is 82.1 Å². The summed E-state index contributed by atoms with van der Waals surface area (Å²) in [7, 11) is 17.2. The summed E-state index contributed by atoms with van der Waals surface area (Å²) in [5.74, 6) is -3.22. The smallest absolute Gasteiger partial charge is 0.410 e. The number of ketones is 1. The lowest BCUT2D eigenvalue weighted by Gasteiger charge is -2.41. The zero-order valence-corrected chi connectivity index (χ0v) is 89.1. The maximum atomic E-state index is 14.7. The lowest BCUT2D eigenvalue weighted by molar-refractivity contribution is -0.149. The number of nitrogens with two attached hydrogens (primary N) is 1. The van der Waals surface area contributed by atoms with E-state index in [0.29, 0.717) is 58.5 Å². The van der Waals surface area contributed by atoms with Crippen LogP contribution in [0, 0.1) is 53.3 Å². The number of amides is 8. The van der Waals surface area contributed by atoms with Crippen molar-refractivity contribution in [1.29, 1.82) is 0 Å². The van der Waals surface area contributed by atoms with Crippen LogP contribution in [0.4, 0.5) is 9.59 Å². The molecule has 0 radical (unpaired) electrons. The predicted molar refractivity (Wildman–Crippen MR) is 536 cm³/mol. The number of carboxylic acid groups (broad SMARTS) is 1. The summed E-state index contributed by atoms with van der Waals surface area (Å²) >= 11 is 3.02. The van der Waals surface area contributed by atoms with E-state index >= 15 is 0 Å². The first-order valence-electron chi connectivity index (χ1n) is 49.0. The van der Waals surface area contributed by atoms with E-state index in [1.54, 1.807) is 88.6 Å². The second-order valence-corrected chi connectivity index (χ2v) is 42.5. The molecule has 4 aromatic rings. The highest BCUT2D eigenvalue weighted by molar-refractivity contribution is 7.09. The molecule has 2 aromatic carbocycles. The number of carbonyl (C=O) groups is 10. The molecule has 0 aliphatic carbocycles. The van der Waals surface area contributed by atoms with Gasteiger partial charge in [-0.05, 0) is 180 Å². The minimum Gasteiger partial charge on any atom is -0.480 e. The number of hydrogen-bond acceptors (Lipinski definition) is 23. The number of likely N-dealkylation sites (N-methyl/N-ethyl adjacent to an activating group) is 4. The quantitative estimate of drug-likeness (QED) is 0.0298.